The highest BCUT2D eigenvalue weighted by Gasteiger charge is 2.32. The Kier molecular flexibility index (Phi) is 4.76. The van der Waals surface area contributed by atoms with E-state index in [-0.39, 0.29) is 12.1 Å². The molecule has 1 aromatic carbocycles. The molecule has 1 aromatic heterocycles. The molecule has 0 spiro atoms. The highest BCUT2D eigenvalue weighted by Crippen LogP contribution is 2.28. The largest absolute Gasteiger partial charge is 0.337 e. The van der Waals surface area contributed by atoms with Crippen LogP contribution in [0.1, 0.15) is 26.2 Å². The van der Waals surface area contributed by atoms with Gasteiger partial charge in [-0.1, -0.05) is 25.5 Å². The normalized spacial score (nSPS) is 18.4. The lowest BCUT2D eigenvalue weighted by molar-refractivity contribution is 0.211. The molecule has 6 heteroatoms. The number of hydrogen-bond donors (Lipinski definition) is 0. The van der Waals surface area contributed by atoms with E-state index in [9.17, 15) is 4.79 Å². The number of carbonyl (C=O) groups is 1. The van der Waals surface area contributed by atoms with Gasteiger partial charge in [0.05, 0.1) is 17.1 Å². The molecule has 0 aliphatic carbocycles. The number of aromatic nitrogens is 2. The molecule has 1 aliphatic rings. The monoisotopic (exact) mass is 334 g/mol. The Balaban J connectivity index is 2.15. The highest BCUT2D eigenvalue weighted by atomic mass is 35.5. The Bertz CT molecular complexity index is 699. The number of likely N-dealkylation sites (N-methyl/N-ethyl adjacent to an activating group) is 1. The Morgan fingerprint density at radius 1 is 1.35 bits per heavy atom. The van der Waals surface area contributed by atoms with E-state index < -0.39 is 0 Å². The molecule has 0 fully saturated rings. The van der Waals surface area contributed by atoms with E-state index in [1.165, 1.54) is 0 Å². The number of anilines is 1. The first-order valence-electron chi connectivity index (χ1n) is 8.23. The SMILES string of the molecule is CCCCN1c2nc3ccccc3n2C(=O)N(C)CC1CCCl. The predicted molar refractivity (Wildman–Crippen MR) is 94.5 cm³/mol. The first kappa shape index (κ1) is 16.1. The van der Waals surface area contributed by atoms with Crippen LogP contribution in [0.4, 0.5) is 10.7 Å². The molecule has 3 rings (SSSR count). The third-order valence-electron chi connectivity index (χ3n) is 4.44. The van der Waals surface area contributed by atoms with Crippen LogP contribution in [0.25, 0.3) is 11.0 Å². The molecule has 1 atom stereocenters. The maximum atomic E-state index is 12.9. The van der Waals surface area contributed by atoms with Crippen molar-refractivity contribution in [3.63, 3.8) is 0 Å². The fraction of sp³-hybridized carbons (Fsp3) is 0.529. The molecule has 0 N–H and O–H groups in total. The summed E-state index contributed by atoms with van der Waals surface area (Å²) < 4.78 is 1.75. The number of hydrogen-bond acceptors (Lipinski definition) is 3. The van der Waals surface area contributed by atoms with Crippen LogP contribution in [0, 0.1) is 0 Å². The van der Waals surface area contributed by atoms with Crippen LogP contribution in [0.5, 0.6) is 0 Å². The summed E-state index contributed by atoms with van der Waals surface area (Å²) in [6.45, 7) is 3.74. The second-order valence-corrected chi connectivity index (χ2v) is 6.46. The third kappa shape index (κ3) is 2.90. The Hall–Kier alpha value is -1.75. The summed E-state index contributed by atoms with van der Waals surface area (Å²) in [5.74, 6) is 1.33. The van der Waals surface area contributed by atoms with Crippen LogP contribution in [-0.4, -0.2) is 52.5 Å². The van der Waals surface area contributed by atoms with Crippen LogP contribution in [0.15, 0.2) is 24.3 Å². The minimum atomic E-state index is -0.0210. The lowest BCUT2D eigenvalue weighted by atomic mass is 10.1. The van der Waals surface area contributed by atoms with Gasteiger partial charge < -0.3 is 9.80 Å². The number of carbonyl (C=O) groups excluding carboxylic acids is 1. The van der Waals surface area contributed by atoms with Crippen molar-refractivity contribution in [1.29, 1.82) is 0 Å². The Morgan fingerprint density at radius 2 is 2.13 bits per heavy atom. The van der Waals surface area contributed by atoms with Crippen molar-refractivity contribution in [1.82, 2.24) is 14.5 Å². The number of para-hydroxylation sites is 2. The average molecular weight is 335 g/mol. The van der Waals surface area contributed by atoms with Gasteiger partial charge in [-0.2, -0.15) is 0 Å². The van der Waals surface area contributed by atoms with E-state index >= 15 is 0 Å². The summed E-state index contributed by atoms with van der Waals surface area (Å²) in [6, 6.07) is 7.99. The first-order valence-corrected chi connectivity index (χ1v) is 8.76. The van der Waals surface area contributed by atoms with Gasteiger partial charge in [-0.25, -0.2) is 14.3 Å². The van der Waals surface area contributed by atoms with Gasteiger partial charge in [0.15, 0.2) is 0 Å². The van der Waals surface area contributed by atoms with Gasteiger partial charge in [-0.15, -0.1) is 11.6 Å². The van der Waals surface area contributed by atoms with E-state index in [1.807, 2.05) is 31.3 Å². The van der Waals surface area contributed by atoms with E-state index in [0.717, 1.165) is 42.8 Å². The van der Waals surface area contributed by atoms with Crippen molar-refractivity contribution in [2.75, 3.05) is 30.9 Å². The topological polar surface area (TPSA) is 41.4 Å². The van der Waals surface area contributed by atoms with Gasteiger partial charge >= 0.3 is 6.03 Å². The van der Waals surface area contributed by atoms with Gasteiger partial charge in [0.2, 0.25) is 5.95 Å². The molecule has 0 saturated heterocycles. The maximum absolute atomic E-state index is 12.9. The van der Waals surface area contributed by atoms with Crippen LogP contribution in [0.2, 0.25) is 0 Å². The zero-order valence-electron chi connectivity index (χ0n) is 13.7. The molecule has 0 saturated carbocycles. The smallest absolute Gasteiger partial charge is 0.331 e. The second kappa shape index (κ2) is 6.79. The molecule has 0 bridgehead atoms. The zero-order valence-corrected chi connectivity index (χ0v) is 14.5. The molecule has 2 heterocycles. The number of alkyl halides is 1. The Labute approximate surface area is 141 Å². The second-order valence-electron chi connectivity index (χ2n) is 6.08. The summed E-state index contributed by atoms with van der Waals surface area (Å²) in [6.07, 6.45) is 3.01. The lowest BCUT2D eigenvalue weighted by Gasteiger charge is -2.30. The summed E-state index contributed by atoms with van der Waals surface area (Å²) in [5.41, 5.74) is 1.73. The zero-order chi connectivity index (χ0) is 16.4. The van der Waals surface area contributed by atoms with Crippen molar-refractivity contribution in [2.45, 2.75) is 32.2 Å². The summed E-state index contributed by atoms with van der Waals surface area (Å²) in [4.78, 5) is 21.7. The summed E-state index contributed by atoms with van der Waals surface area (Å²) >= 11 is 6.02. The van der Waals surface area contributed by atoms with Crippen molar-refractivity contribution < 1.29 is 4.79 Å². The number of halogens is 1. The average Bonchev–Trinajstić information content (AvgIpc) is 2.89. The molecule has 1 unspecified atom stereocenters. The number of imidazole rings is 1. The van der Waals surface area contributed by atoms with E-state index in [1.54, 1.807) is 9.47 Å². The van der Waals surface area contributed by atoms with Gasteiger partial charge in [-0.05, 0) is 25.0 Å². The summed E-state index contributed by atoms with van der Waals surface area (Å²) in [5, 5.41) is 0. The van der Waals surface area contributed by atoms with Crippen molar-refractivity contribution in [2.24, 2.45) is 0 Å². The third-order valence-corrected chi connectivity index (χ3v) is 4.66. The molecular formula is C17H23ClN4O. The molecule has 1 amide bonds. The van der Waals surface area contributed by atoms with Crippen molar-refractivity contribution >= 4 is 34.6 Å². The minimum absolute atomic E-state index is 0.0210. The molecule has 124 valence electrons. The number of benzene rings is 1. The van der Waals surface area contributed by atoms with Crippen molar-refractivity contribution in [3.8, 4) is 0 Å². The number of rotatable bonds is 5. The van der Waals surface area contributed by atoms with Gasteiger partial charge in [0, 0.05) is 26.0 Å². The number of fused-ring (bicyclic) bond motifs is 3. The number of nitrogens with zero attached hydrogens (tertiary/aromatic N) is 4. The fourth-order valence-electron chi connectivity index (χ4n) is 3.21. The standard InChI is InChI=1S/C17H23ClN4O/c1-3-4-11-21-13(9-10-18)12-20(2)17(23)22-15-8-6-5-7-14(15)19-16(21)22/h5-8,13H,3-4,9-12H2,1-2H3. The van der Waals surface area contributed by atoms with E-state index in [0.29, 0.717) is 12.4 Å². The van der Waals surface area contributed by atoms with Crippen LogP contribution < -0.4 is 4.90 Å². The molecule has 5 nitrogen and oxygen atoms in total. The maximum Gasteiger partial charge on any atom is 0.331 e. The molecule has 0 radical (unpaired) electrons. The number of amides is 1. The minimum Gasteiger partial charge on any atom is -0.337 e. The van der Waals surface area contributed by atoms with Crippen LogP contribution >= 0.6 is 11.6 Å². The van der Waals surface area contributed by atoms with E-state index in [4.69, 9.17) is 16.6 Å². The van der Waals surface area contributed by atoms with Gasteiger partial charge in [-0.3, -0.25) is 0 Å². The first-order chi connectivity index (χ1) is 11.2. The van der Waals surface area contributed by atoms with E-state index in [2.05, 4.69) is 11.8 Å². The quantitative estimate of drug-likeness (QED) is 0.785. The van der Waals surface area contributed by atoms with Gasteiger partial charge in [0.25, 0.3) is 0 Å². The molecule has 1 aliphatic heterocycles. The number of unbranched alkanes of at least 4 members (excludes halogenated alkanes) is 1. The Morgan fingerprint density at radius 3 is 2.87 bits per heavy atom. The van der Waals surface area contributed by atoms with Crippen molar-refractivity contribution in [3.05, 3.63) is 24.3 Å². The summed E-state index contributed by atoms with van der Waals surface area (Å²) in [7, 11) is 1.85. The lowest BCUT2D eigenvalue weighted by Crippen LogP contribution is -2.42. The molecule has 23 heavy (non-hydrogen) atoms. The molecular weight excluding hydrogens is 312 g/mol. The fourth-order valence-corrected chi connectivity index (χ4v) is 3.46. The highest BCUT2D eigenvalue weighted by molar-refractivity contribution is 6.17. The molecule has 2 aromatic rings. The van der Waals surface area contributed by atoms with Crippen LogP contribution in [0.3, 0.4) is 0 Å². The van der Waals surface area contributed by atoms with Crippen LogP contribution in [-0.2, 0) is 0 Å². The predicted octanol–water partition coefficient (Wildman–Crippen LogP) is 3.55. The van der Waals surface area contributed by atoms with Gasteiger partial charge in [0.1, 0.15) is 0 Å².